The molecule has 0 atom stereocenters. The average Bonchev–Trinajstić information content (AvgIpc) is 3.45. The molecule has 0 radical (unpaired) electrons. The fourth-order valence-corrected chi connectivity index (χ4v) is 2.86. The number of nitrogens with zero attached hydrogens (tertiary/aromatic N) is 2. The number of hydrogen-bond acceptors (Lipinski definition) is 5. The summed E-state index contributed by atoms with van der Waals surface area (Å²) in [6, 6.07) is 16.9. The van der Waals surface area contributed by atoms with Crippen LogP contribution in [-0.2, 0) is 13.7 Å². The van der Waals surface area contributed by atoms with E-state index in [0.717, 1.165) is 5.82 Å². The summed E-state index contributed by atoms with van der Waals surface area (Å²) in [7, 11) is 1.90. The van der Waals surface area contributed by atoms with Crippen LogP contribution in [0.3, 0.4) is 0 Å². The molecular formula is C23H20N4O4. The van der Waals surface area contributed by atoms with Crippen LogP contribution in [0.1, 0.15) is 26.7 Å². The summed E-state index contributed by atoms with van der Waals surface area (Å²) in [5.41, 5.74) is 1.53. The zero-order valence-electron chi connectivity index (χ0n) is 16.7. The van der Waals surface area contributed by atoms with Crippen LogP contribution in [0.15, 0.2) is 83.7 Å². The van der Waals surface area contributed by atoms with Gasteiger partial charge in [0.2, 0.25) is 0 Å². The maximum absolute atomic E-state index is 12.6. The van der Waals surface area contributed by atoms with Gasteiger partial charge in [-0.1, -0.05) is 6.07 Å². The maximum Gasteiger partial charge on any atom is 0.291 e. The summed E-state index contributed by atoms with van der Waals surface area (Å²) in [5.74, 6) is 1.000. The number of nitrogens with one attached hydrogen (secondary N) is 2. The summed E-state index contributed by atoms with van der Waals surface area (Å²) in [6.07, 6.45) is 5.00. The Morgan fingerprint density at radius 1 is 1.00 bits per heavy atom. The van der Waals surface area contributed by atoms with E-state index >= 15 is 0 Å². The first-order chi connectivity index (χ1) is 15.1. The van der Waals surface area contributed by atoms with Gasteiger partial charge in [-0.05, 0) is 54.6 Å². The van der Waals surface area contributed by atoms with Crippen molar-refractivity contribution < 1.29 is 18.7 Å². The summed E-state index contributed by atoms with van der Waals surface area (Å²) in [4.78, 5) is 28.9. The maximum atomic E-state index is 12.6. The van der Waals surface area contributed by atoms with E-state index in [1.807, 2.05) is 17.8 Å². The number of amides is 2. The molecule has 156 valence electrons. The number of carbonyl (C=O) groups is 2. The van der Waals surface area contributed by atoms with Crippen molar-refractivity contribution in [2.75, 3.05) is 10.6 Å². The van der Waals surface area contributed by atoms with E-state index in [4.69, 9.17) is 9.15 Å². The molecule has 0 saturated heterocycles. The number of aryl methyl sites for hydroxylation is 1. The molecule has 2 N–H and O–H groups in total. The second-order valence-corrected chi connectivity index (χ2v) is 6.73. The molecule has 2 aromatic carbocycles. The largest absolute Gasteiger partial charge is 0.486 e. The Kier molecular flexibility index (Phi) is 5.79. The second-order valence-electron chi connectivity index (χ2n) is 6.73. The van der Waals surface area contributed by atoms with Gasteiger partial charge in [0.1, 0.15) is 18.2 Å². The molecule has 0 unspecified atom stereocenters. The molecule has 0 spiro atoms. The fraction of sp³-hybridized carbons (Fsp3) is 0.0870. The van der Waals surface area contributed by atoms with E-state index in [-0.39, 0.29) is 17.6 Å². The lowest BCUT2D eigenvalue weighted by Crippen LogP contribution is -2.14. The number of benzene rings is 2. The van der Waals surface area contributed by atoms with Gasteiger partial charge in [0, 0.05) is 36.4 Å². The number of furan rings is 1. The van der Waals surface area contributed by atoms with Gasteiger partial charge in [0.05, 0.1) is 6.26 Å². The lowest BCUT2D eigenvalue weighted by Gasteiger charge is -2.09. The number of imidazole rings is 1. The fourth-order valence-electron chi connectivity index (χ4n) is 2.86. The first-order valence-corrected chi connectivity index (χ1v) is 9.54. The number of rotatable bonds is 7. The van der Waals surface area contributed by atoms with Gasteiger partial charge in [-0.3, -0.25) is 9.59 Å². The molecule has 0 saturated carbocycles. The van der Waals surface area contributed by atoms with Gasteiger partial charge in [-0.15, -0.1) is 0 Å². The number of ether oxygens (including phenoxy) is 1. The van der Waals surface area contributed by atoms with Crippen LogP contribution < -0.4 is 15.4 Å². The van der Waals surface area contributed by atoms with Crippen LogP contribution in [0.25, 0.3) is 0 Å². The van der Waals surface area contributed by atoms with Crippen molar-refractivity contribution in [1.82, 2.24) is 9.55 Å². The Morgan fingerprint density at radius 3 is 2.52 bits per heavy atom. The van der Waals surface area contributed by atoms with Crippen LogP contribution in [0.4, 0.5) is 11.4 Å². The SMILES string of the molecule is Cn1ccnc1COc1ccc(NC(=O)c2cccc(NC(=O)c3ccco3)c2)cc1. The summed E-state index contributed by atoms with van der Waals surface area (Å²) >= 11 is 0. The third-order valence-electron chi connectivity index (χ3n) is 4.53. The second kappa shape index (κ2) is 9.00. The van der Waals surface area contributed by atoms with Gasteiger partial charge in [-0.2, -0.15) is 0 Å². The first-order valence-electron chi connectivity index (χ1n) is 9.54. The van der Waals surface area contributed by atoms with Crippen molar-refractivity contribution in [3.05, 3.63) is 96.5 Å². The minimum Gasteiger partial charge on any atom is -0.486 e. The third-order valence-corrected chi connectivity index (χ3v) is 4.53. The number of hydrogen-bond donors (Lipinski definition) is 2. The number of aromatic nitrogens is 2. The van der Waals surface area contributed by atoms with Crippen LogP contribution in [0.5, 0.6) is 5.75 Å². The zero-order valence-corrected chi connectivity index (χ0v) is 16.7. The Morgan fingerprint density at radius 2 is 1.81 bits per heavy atom. The highest BCUT2D eigenvalue weighted by Crippen LogP contribution is 2.19. The highest BCUT2D eigenvalue weighted by atomic mass is 16.5. The third kappa shape index (κ3) is 4.99. The molecule has 0 aliphatic rings. The topological polar surface area (TPSA) is 98.4 Å². The van der Waals surface area contributed by atoms with Crippen molar-refractivity contribution in [2.24, 2.45) is 7.05 Å². The summed E-state index contributed by atoms with van der Waals surface area (Å²) in [6.45, 7) is 0.353. The predicted octanol–water partition coefficient (Wildman–Crippen LogP) is 4.10. The van der Waals surface area contributed by atoms with Gasteiger partial charge in [0.25, 0.3) is 11.8 Å². The summed E-state index contributed by atoms with van der Waals surface area (Å²) in [5, 5.41) is 5.53. The molecule has 4 rings (SSSR count). The van der Waals surface area contributed by atoms with Gasteiger partial charge >= 0.3 is 0 Å². The smallest absolute Gasteiger partial charge is 0.291 e. The van der Waals surface area contributed by atoms with Gasteiger partial charge in [-0.25, -0.2) is 4.98 Å². The van der Waals surface area contributed by atoms with Crippen molar-refractivity contribution in [3.8, 4) is 5.75 Å². The van der Waals surface area contributed by atoms with E-state index in [2.05, 4.69) is 15.6 Å². The van der Waals surface area contributed by atoms with Crippen LogP contribution in [0, 0.1) is 0 Å². The molecule has 2 amide bonds. The van der Waals surface area contributed by atoms with Gasteiger partial charge < -0.3 is 24.4 Å². The van der Waals surface area contributed by atoms with E-state index in [9.17, 15) is 9.59 Å². The highest BCUT2D eigenvalue weighted by molar-refractivity contribution is 6.06. The lowest BCUT2D eigenvalue weighted by atomic mass is 10.1. The van der Waals surface area contributed by atoms with Crippen molar-refractivity contribution in [3.63, 3.8) is 0 Å². The molecular weight excluding hydrogens is 396 g/mol. The predicted molar refractivity (Wildman–Crippen MR) is 115 cm³/mol. The molecule has 0 aliphatic heterocycles. The van der Waals surface area contributed by atoms with Crippen LogP contribution in [0.2, 0.25) is 0 Å². The number of anilines is 2. The normalized spacial score (nSPS) is 10.5. The Hall–Kier alpha value is -4.33. The molecule has 0 aliphatic carbocycles. The molecule has 0 fully saturated rings. The molecule has 2 heterocycles. The van der Waals surface area contributed by atoms with E-state index in [1.165, 1.54) is 6.26 Å². The monoisotopic (exact) mass is 416 g/mol. The minimum atomic E-state index is -0.385. The molecule has 4 aromatic rings. The zero-order chi connectivity index (χ0) is 21.6. The van der Waals surface area contributed by atoms with Crippen LogP contribution >= 0.6 is 0 Å². The lowest BCUT2D eigenvalue weighted by molar-refractivity contribution is 0.0993. The van der Waals surface area contributed by atoms with Crippen molar-refractivity contribution >= 4 is 23.2 Å². The molecule has 31 heavy (non-hydrogen) atoms. The number of carbonyl (C=O) groups excluding carboxylic acids is 2. The quantitative estimate of drug-likeness (QED) is 0.473. The van der Waals surface area contributed by atoms with Gasteiger partial charge in [0.15, 0.2) is 5.76 Å². The minimum absolute atomic E-state index is 0.195. The molecule has 8 nitrogen and oxygen atoms in total. The molecule has 0 bridgehead atoms. The standard InChI is InChI=1S/C23H20N4O4/c1-27-12-11-24-21(27)15-31-19-9-7-17(8-10-19)25-22(28)16-4-2-5-18(14-16)26-23(29)20-6-3-13-30-20/h2-14H,15H2,1H3,(H,25,28)(H,26,29). The molecule has 2 aromatic heterocycles. The van der Waals surface area contributed by atoms with Crippen molar-refractivity contribution in [1.29, 1.82) is 0 Å². The average molecular weight is 416 g/mol. The highest BCUT2D eigenvalue weighted by Gasteiger charge is 2.11. The Bertz CT molecular complexity index is 1180. The van der Waals surface area contributed by atoms with Crippen molar-refractivity contribution in [2.45, 2.75) is 6.61 Å². The first kappa shape index (κ1) is 20.0. The van der Waals surface area contributed by atoms with E-state index in [1.54, 1.807) is 66.9 Å². The van der Waals surface area contributed by atoms with E-state index < -0.39 is 0 Å². The summed E-state index contributed by atoms with van der Waals surface area (Å²) < 4.78 is 12.7. The molecule has 8 heteroatoms. The Balaban J connectivity index is 1.35. The van der Waals surface area contributed by atoms with E-state index in [0.29, 0.717) is 29.3 Å². The Labute approximate surface area is 178 Å². The van der Waals surface area contributed by atoms with Crippen LogP contribution in [-0.4, -0.2) is 21.4 Å².